The zero-order valence-electron chi connectivity index (χ0n) is 13.7. The number of hydrogen-bond acceptors (Lipinski definition) is 2. The van der Waals surface area contributed by atoms with E-state index in [0.717, 1.165) is 23.4 Å². The molecule has 2 aromatic carbocycles. The number of carbonyl (C=O) groups is 1. The van der Waals surface area contributed by atoms with E-state index in [4.69, 9.17) is 4.74 Å². The van der Waals surface area contributed by atoms with Crippen molar-refractivity contribution in [1.29, 1.82) is 0 Å². The summed E-state index contributed by atoms with van der Waals surface area (Å²) in [4.78, 5) is 14.3. The van der Waals surface area contributed by atoms with E-state index >= 15 is 0 Å². The van der Waals surface area contributed by atoms with Crippen LogP contribution in [0.1, 0.15) is 29.8 Å². The van der Waals surface area contributed by atoms with Crippen molar-refractivity contribution in [3.05, 3.63) is 59.7 Å². The van der Waals surface area contributed by atoms with Gasteiger partial charge >= 0.3 is 0 Å². The lowest BCUT2D eigenvalue weighted by Gasteiger charge is -2.18. The average molecular weight is 297 g/mol. The van der Waals surface area contributed by atoms with Crippen molar-refractivity contribution in [3.63, 3.8) is 0 Å². The van der Waals surface area contributed by atoms with Gasteiger partial charge in [0.25, 0.3) is 5.91 Å². The molecule has 0 saturated heterocycles. The zero-order chi connectivity index (χ0) is 16.1. The van der Waals surface area contributed by atoms with Crippen LogP contribution in [-0.2, 0) is 6.42 Å². The number of amides is 1. The Hall–Kier alpha value is -2.29. The van der Waals surface area contributed by atoms with Gasteiger partial charge in [-0.25, -0.2) is 0 Å². The Balaban J connectivity index is 2.19. The lowest BCUT2D eigenvalue weighted by Crippen LogP contribution is -2.26. The fraction of sp³-hybridized carbons (Fsp3) is 0.316. The second-order valence-electron chi connectivity index (χ2n) is 5.86. The summed E-state index contributed by atoms with van der Waals surface area (Å²) in [6.07, 6.45) is 0.980. The topological polar surface area (TPSA) is 29.5 Å². The molecule has 0 saturated carbocycles. The van der Waals surface area contributed by atoms with Crippen molar-refractivity contribution in [1.82, 2.24) is 0 Å². The van der Waals surface area contributed by atoms with Gasteiger partial charge in [0.2, 0.25) is 0 Å². The summed E-state index contributed by atoms with van der Waals surface area (Å²) < 4.78 is 5.14. The van der Waals surface area contributed by atoms with Crippen LogP contribution in [0.25, 0.3) is 0 Å². The van der Waals surface area contributed by atoms with Gasteiger partial charge in [0, 0.05) is 18.3 Å². The molecule has 0 bridgehead atoms. The molecule has 0 heterocycles. The van der Waals surface area contributed by atoms with Crippen molar-refractivity contribution >= 4 is 11.6 Å². The maximum absolute atomic E-state index is 12.6. The summed E-state index contributed by atoms with van der Waals surface area (Å²) in [5, 5.41) is 0. The number of rotatable bonds is 5. The van der Waals surface area contributed by atoms with Gasteiger partial charge in [0.1, 0.15) is 5.75 Å². The third kappa shape index (κ3) is 3.88. The van der Waals surface area contributed by atoms with E-state index in [0.29, 0.717) is 5.92 Å². The maximum atomic E-state index is 12.6. The van der Waals surface area contributed by atoms with Gasteiger partial charge in [-0.2, -0.15) is 0 Å². The Labute approximate surface area is 132 Å². The molecule has 0 spiro atoms. The zero-order valence-corrected chi connectivity index (χ0v) is 13.7. The molecule has 3 nitrogen and oxygen atoms in total. The molecular formula is C19H23NO2. The van der Waals surface area contributed by atoms with Crippen LogP contribution >= 0.6 is 0 Å². The van der Waals surface area contributed by atoms with E-state index < -0.39 is 0 Å². The Morgan fingerprint density at radius 1 is 1.14 bits per heavy atom. The summed E-state index contributed by atoms with van der Waals surface area (Å²) in [6, 6.07) is 15.4. The standard InChI is InChI=1S/C19H23NO2/c1-14(2)12-15-6-5-7-16(13-15)19(21)20(3)17-8-10-18(22-4)11-9-17/h5-11,13-14H,12H2,1-4H3. The highest BCUT2D eigenvalue weighted by Gasteiger charge is 2.14. The highest BCUT2D eigenvalue weighted by Crippen LogP contribution is 2.20. The summed E-state index contributed by atoms with van der Waals surface area (Å²) in [5.74, 6) is 1.35. The molecule has 3 heteroatoms. The van der Waals surface area contributed by atoms with E-state index in [1.54, 1.807) is 19.1 Å². The van der Waals surface area contributed by atoms with E-state index in [-0.39, 0.29) is 5.91 Å². The molecule has 116 valence electrons. The van der Waals surface area contributed by atoms with E-state index in [1.165, 1.54) is 5.56 Å². The summed E-state index contributed by atoms with van der Waals surface area (Å²) in [5.41, 5.74) is 2.76. The molecule has 2 aromatic rings. The van der Waals surface area contributed by atoms with Crippen LogP contribution in [0.5, 0.6) is 5.75 Å². The molecule has 0 unspecified atom stereocenters. The quantitative estimate of drug-likeness (QED) is 0.829. The number of hydrogen-bond donors (Lipinski definition) is 0. The summed E-state index contributed by atoms with van der Waals surface area (Å²) in [6.45, 7) is 4.36. The van der Waals surface area contributed by atoms with Gasteiger partial charge in [-0.1, -0.05) is 26.0 Å². The molecule has 0 aliphatic carbocycles. The van der Waals surface area contributed by atoms with E-state index in [1.807, 2.05) is 42.5 Å². The summed E-state index contributed by atoms with van der Waals surface area (Å²) >= 11 is 0. The predicted molar refractivity (Wildman–Crippen MR) is 90.7 cm³/mol. The van der Waals surface area contributed by atoms with Crippen LogP contribution in [-0.4, -0.2) is 20.1 Å². The molecule has 0 radical (unpaired) electrons. The van der Waals surface area contributed by atoms with Crippen molar-refractivity contribution in [2.45, 2.75) is 20.3 Å². The Morgan fingerprint density at radius 2 is 1.82 bits per heavy atom. The molecule has 0 aliphatic rings. The molecule has 2 rings (SSSR count). The third-order valence-corrected chi connectivity index (χ3v) is 3.58. The molecule has 0 aromatic heterocycles. The first-order valence-corrected chi connectivity index (χ1v) is 7.52. The van der Waals surface area contributed by atoms with E-state index in [9.17, 15) is 4.79 Å². The minimum absolute atomic E-state index is 0.00391. The minimum atomic E-state index is -0.00391. The first-order valence-electron chi connectivity index (χ1n) is 7.52. The van der Waals surface area contributed by atoms with Gasteiger partial charge in [0.15, 0.2) is 0 Å². The fourth-order valence-electron chi connectivity index (χ4n) is 2.42. The Bertz CT molecular complexity index is 632. The van der Waals surface area contributed by atoms with Gasteiger partial charge < -0.3 is 9.64 Å². The van der Waals surface area contributed by atoms with Gasteiger partial charge in [-0.05, 0) is 54.3 Å². The van der Waals surface area contributed by atoms with Gasteiger partial charge in [-0.15, -0.1) is 0 Å². The lowest BCUT2D eigenvalue weighted by atomic mass is 10.0. The first-order chi connectivity index (χ1) is 10.5. The van der Waals surface area contributed by atoms with Crippen LogP contribution < -0.4 is 9.64 Å². The van der Waals surface area contributed by atoms with Crippen molar-refractivity contribution in [3.8, 4) is 5.75 Å². The molecule has 22 heavy (non-hydrogen) atoms. The minimum Gasteiger partial charge on any atom is -0.497 e. The molecule has 0 N–H and O–H groups in total. The second kappa shape index (κ2) is 7.12. The second-order valence-corrected chi connectivity index (χ2v) is 5.86. The molecule has 1 amide bonds. The lowest BCUT2D eigenvalue weighted by molar-refractivity contribution is 0.0993. The maximum Gasteiger partial charge on any atom is 0.258 e. The van der Waals surface area contributed by atoms with Crippen molar-refractivity contribution < 1.29 is 9.53 Å². The van der Waals surface area contributed by atoms with Crippen molar-refractivity contribution in [2.24, 2.45) is 5.92 Å². The van der Waals surface area contributed by atoms with Crippen LogP contribution in [0.3, 0.4) is 0 Å². The van der Waals surface area contributed by atoms with Crippen LogP contribution in [0.15, 0.2) is 48.5 Å². The van der Waals surface area contributed by atoms with Crippen LogP contribution in [0, 0.1) is 5.92 Å². The van der Waals surface area contributed by atoms with Gasteiger partial charge in [0.05, 0.1) is 7.11 Å². The summed E-state index contributed by atoms with van der Waals surface area (Å²) in [7, 11) is 3.42. The molecule has 0 aliphatic heterocycles. The Kier molecular flexibility index (Phi) is 5.21. The fourth-order valence-corrected chi connectivity index (χ4v) is 2.42. The molecular weight excluding hydrogens is 274 g/mol. The normalized spacial score (nSPS) is 10.6. The molecule has 0 fully saturated rings. The highest BCUT2D eigenvalue weighted by molar-refractivity contribution is 6.05. The number of carbonyl (C=O) groups excluding carboxylic acids is 1. The number of ether oxygens (including phenoxy) is 1. The van der Waals surface area contributed by atoms with Crippen LogP contribution in [0.4, 0.5) is 5.69 Å². The van der Waals surface area contributed by atoms with Gasteiger partial charge in [-0.3, -0.25) is 4.79 Å². The SMILES string of the molecule is COc1ccc(N(C)C(=O)c2cccc(CC(C)C)c2)cc1. The van der Waals surface area contributed by atoms with Crippen LogP contribution in [0.2, 0.25) is 0 Å². The highest BCUT2D eigenvalue weighted by atomic mass is 16.5. The third-order valence-electron chi connectivity index (χ3n) is 3.58. The largest absolute Gasteiger partial charge is 0.497 e. The average Bonchev–Trinajstić information content (AvgIpc) is 2.53. The van der Waals surface area contributed by atoms with Crippen molar-refractivity contribution in [2.75, 3.05) is 19.1 Å². The molecule has 0 atom stereocenters. The first kappa shape index (κ1) is 16.1. The number of anilines is 1. The smallest absolute Gasteiger partial charge is 0.258 e. The van der Waals surface area contributed by atoms with E-state index in [2.05, 4.69) is 19.9 Å². The Morgan fingerprint density at radius 3 is 2.41 bits per heavy atom. The number of nitrogens with zero attached hydrogens (tertiary/aromatic N) is 1. The predicted octanol–water partition coefficient (Wildman–Crippen LogP) is 4.17. The number of benzene rings is 2. The number of methoxy groups -OCH3 is 1. The monoisotopic (exact) mass is 297 g/mol.